The third-order valence-electron chi connectivity index (χ3n) is 2.83. The Bertz CT molecular complexity index is 664. The summed E-state index contributed by atoms with van der Waals surface area (Å²) >= 11 is 5.66. The van der Waals surface area contributed by atoms with Crippen LogP contribution in [0, 0.1) is 11.6 Å². The lowest BCUT2D eigenvalue weighted by atomic mass is 10.1. The van der Waals surface area contributed by atoms with Gasteiger partial charge in [-0.05, 0) is 41.5 Å². The molecule has 0 aromatic heterocycles. The molecule has 0 saturated heterocycles. The summed E-state index contributed by atoms with van der Waals surface area (Å²) in [6, 6.07) is 8.10. The van der Waals surface area contributed by atoms with E-state index in [4.69, 9.17) is 17.3 Å². The third kappa shape index (κ3) is 3.42. The molecule has 0 radical (unpaired) electrons. The van der Waals surface area contributed by atoms with E-state index in [0.717, 1.165) is 0 Å². The van der Waals surface area contributed by atoms with Crippen LogP contribution < -0.4 is 5.73 Å². The van der Waals surface area contributed by atoms with Gasteiger partial charge in [0.05, 0.1) is 21.6 Å². The number of benzene rings is 2. The predicted molar refractivity (Wildman–Crippen MR) is 75.8 cm³/mol. The molecule has 0 spiro atoms. The fourth-order valence-electron chi connectivity index (χ4n) is 1.77. The largest absolute Gasteiger partial charge is 0.326 e. The van der Waals surface area contributed by atoms with E-state index in [-0.39, 0.29) is 23.1 Å². The van der Waals surface area contributed by atoms with Crippen molar-refractivity contribution < 1.29 is 13.0 Å². The van der Waals surface area contributed by atoms with Gasteiger partial charge in [0.1, 0.15) is 11.6 Å². The van der Waals surface area contributed by atoms with Crippen LogP contribution in [0.15, 0.2) is 41.3 Å². The van der Waals surface area contributed by atoms with Gasteiger partial charge in [-0.1, -0.05) is 17.7 Å². The summed E-state index contributed by atoms with van der Waals surface area (Å²) in [7, 11) is -1.40. The molecule has 0 heterocycles. The van der Waals surface area contributed by atoms with Gasteiger partial charge in [0.25, 0.3) is 0 Å². The molecule has 0 amide bonds. The van der Waals surface area contributed by atoms with Crippen molar-refractivity contribution in [3.8, 4) is 0 Å². The molecule has 1 atom stereocenters. The van der Waals surface area contributed by atoms with Crippen LogP contribution in [-0.4, -0.2) is 4.21 Å². The minimum atomic E-state index is -1.40. The summed E-state index contributed by atoms with van der Waals surface area (Å²) in [4.78, 5) is 0.420. The molecule has 2 nitrogen and oxygen atoms in total. The molecule has 0 aliphatic rings. The maximum absolute atomic E-state index is 13.1. The van der Waals surface area contributed by atoms with E-state index in [9.17, 15) is 13.0 Å². The SMILES string of the molecule is NCc1cc(F)ccc1CS(=O)c1ccc(F)c(Cl)c1. The molecule has 0 saturated carbocycles. The average Bonchev–Trinajstić information content (AvgIpc) is 2.43. The lowest BCUT2D eigenvalue weighted by molar-refractivity contribution is 0.624. The Balaban J connectivity index is 2.25. The van der Waals surface area contributed by atoms with Gasteiger partial charge in [-0.15, -0.1) is 0 Å². The summed E-state index contributed by atoms with van der Waals surface area (Å²) in [5.74, 6) is -0.768. The summed E-state index contributed by atoms with van der Waals surface area (Å²) in [6.45, 7) is 0.161. The average molecular weight is 316 g/mol. The zero-order valence-electron chi connectivity index (χ0n) is 10.4. The minimum Gasteiger partial charge on any atom is -0.326 e. The summed E-state index contributed by atoms with van der Waals surface area (Å²) in [6.07, 6.45) is 0. The molecule has 2 aromatic carbocycles. The van der Waals surface area contributed by atoms with Gasteiger partial charge in [0.2, 0.25) is 0 Å². The summed E-state index contributed by atoms with van der Waals surface area (Å²) in [5, 5.41) is -0.0750. The van der Waals surface area contributed by atoms with E-state index in [1.165, 1.54) is 30.3 Å². The van der Waals surface area contributed by atoms with Gasteiger partial charge in [0.15, 0.2) is 0 Å². The Morgan fingerprint density at radius 2 is 1.85 bits per heavy atom. The molecule has 2 rings (SSSR count). The highest BCUT2D eigenvalue weighted by atomic mass is 35.5. The Hall–Kier alpha value is -1.30. The molecule has 0 fully saturated rings. The summed E-state index contributed by atoms with van der Waals surface area (Å²) < 4.78 is 38.4. The van der Waals surface area contributed by atoms with Crippen LogP contribution in [0.1, 0.15) is 11.1 Å². The van der Waals surface area contributed by atoms with Crippen molar-refractivity contribution in [1.29, 1.82) is 0 Å². The molecule has 0 aliphatic heterocycles. The third-order valence-corrected chi connectivity index (χ3v) is 4.47. The van der Waals surface area contributed by atoms with Crippen molar-refractivity contribution in [2.24, 2.45) is 5.73 Å². The first-order valence-electron chi connectivity index (χ1n) is 5.82. The highest BCUT2D eigenvalue weighted by Gasteiger charge is 2.11. The van der Waals surface area contributed by atoms with Crippen LogP contribution in [0.5, 0.6) is 0 Å². The van der Waals surface area contributed by atoms with Crippen LogP contribution in [0.25, 0.3) is 0 Å². The molecule has 2 N–H and O–H groups in total. The van der Waals surface area contributed by atoms with Gasteiger partial charge < -0.3 is 5.73 Å². The maximum atomic E-state index is 13.1. The Morgan fingerprint density at radius 1 is 1.10 bits per heavy atom. The monoisotopic (exact) mass is 315 g/mol. The Morgan fingerprint density at radius 3 is 2.50 bits per heavy atom. The van der Waals surface area contributed by atoms with E-state index in [1.807, 2.05) is 0 Å². The van der Waals surface area contributed by atoms with Crippen LogP contribution >= 0.6 is 11.6 Å². The zero-order valence-corrected chi connectivity index (χ0v) is 12.0. The van der Waals surface area contributed by atoms with Crippen LogP contribution in [0.4, 0.5) is 8.78 Å². The Kier molecular flexibility index (Phi) is 4.86. The molecular weight excluding hydrogens is 304 g/mol. The number of rotatable bonds is 4. The predicted octanol–water partition coefficient (Wildman–Crippen LogP) is 3.38. The number of hydrogen-bond donors (Lipinski definition) is 1. The van der Waals surface area contributed by atoms with E-state index in [2.05, 4.69) is 0 Å². The first-order chi connectivity index (χ1) is 9.51. The maximum Gasteiger partial charge on any atom is 0.141 e. The van der Waals surface area contributed by atoms with Crippen molar-refractivity contribution in [2.75, 3.05) is 0 Å². The molecule has 1 unspecified atom stereocenters. The van der Waals surface area contributed by atoms with Crippen molar-refractivity contribution in [2.45, 2.75) is 17.2 Å². The normalized spacial score (nSPS) is 12.4. The first kappa shape index (κ1) is 15.1. The van der Waals surface area contributed by atoms with Gasteiger partial charge in [-0.3, -0.25) is 4.21 Å². The number of halogens is 3. The smallest absolute Gasteiger partial charge is 0.141 e. The molecule has 0 bridgehead atoms. The highest BCUT2D eigenvalue weighted by molar-refractivity contribution is 7.84. The molecular formula is C14H12ClF2NOS. The van der Waals surface area contributed by atoms with Crippen LogP contribution in [0.2, 0.25) is 5.02 Å². The second kappa shape index (κ2) is 6.43. The fourth-order valence-corrected chi connectivity index (χ4v) is 3.21. The van der Waals surface area contributed by atoms with E-state index < -0.39 is 16.6 Å². The van der Waals surface area contributed by atoms with E-state index in [0.29, 0.717) is 16.0 Å². The van der Waals surface area contributed by atoms with Crippen LogP contribution in [-0.2, 0) is 23.1 Å². The van der Waals surface area contributed by atoms with Crippen molar-refractivity contribution >= 4 is 22.4 Å². The van der Waals surface area contributed by atoms with Crippen molar-refractivity contribution in [1.82, 2.24) is 0 Å². The van der Waals surface area contributed by atoms with Gasteiger partial charge in [0, 0.05) is 11.4 Å². The molecule has 106 valence electrons. The zero-order chi connectivity index (χ0) is 14.7. The lowest BCUT2D eigenvalue weighted by Gasteiger charge is -2.08. The van der Waals surface area contributed by atoms with Crippen molar-refractivity contribution in [3.63, 3.8) is 0 Å². The van der Waals surface area contributed by atoms with Crippen molar-refractivity contribution in [3.05, 3.63) is 64.2 Å². The molecule has 6 heteroatoms. The minimum absolute atomic E-state index is 0.0750. The summed E-state index contributed by atoms with van der Waals surface area (Å²) in [5.41, 5.74) is 6.85. The molecule has 20 heavy (non-hydrogen) atoms. The highest BCUT2D eigenvalue weighted by Crippen LogP contribution is 2.21. The first-order valence-corrected chi connectivity index (χ1v) is 7.51. The van der Waals surface area contributed by atoms with E-state index in [1.54, 1.807) is 6.07 Å². The topological polar surface area (TPSA) is 43.1 Å². The standard InChI is InChI=1S/C14H12ClF2NOS/c15-13-6-12(3-4-14(13)17)20(19)8-9-1-2-11(16)5-10(9)7-18/h1-6H,7-8,18H2. The molecule has 0 aliphatic carbocycles. The molecule has 2 aromatic rings. The lowest BCUT2D eigenvalue weighted by Crippen LogP contribution is -2.05. The number of nitrogens with two attached hydrogens (primary N) is 1. The van der Waals surface area contributed by atoms with Gasteiger partial charge in [-0.2, -0.15) is 0 Å². The Labute approximate surface area is 123 Å². The van der Waals surface area contributed by atoms with E-state index >= 15 is 0 Å². The number of hydrogen-bond acceptors (Lipinski definition) is 2. The second-order valence-electron chi connectivity index (χ2n) is 4.18. The van der Waals surface area contributed by atoms with Gasteiger partial charge >= 0.3 is 0 Å². The van der Waals surface area contributed by atoms with Crippen LogP contribution in [0.3, 0.4) is 0 Å². The quantitative estimate of drug-likeness (QED) is 0.940. The van der Waals surface area contributed by atoms with Gasteiger partial charge in [-0.25, -0.2) is 8.78 Å². The fraction of sp³-hybridized carbons (Fsp3) is 0.143. The second-order valence-corrected chi connectivity index (χ2v) is 6.04.